The summed E-state index contributed by atoms with van der Waals surface area (Å²) in [6, 6.07) is 0.353. The highest BCUT2D eigenvalue weighted by Crippen LogP contribution is 2.38. The van der Waals surface area contributed by atoms with Gasteiger partial charge >= 0.3 is 0 Å². The Morgan fingerprint density at radius 2 is 1.71 bits per heavy atom. The van der Waals surface area contributed by atoms with Crippen molar-refractivity contribution in [2.45, 2.75) is 102 Å². The summed E-state index contributed by atoms with van der Waals surface area (Å²) in [5.74, 6) is 0.834. The van der Waals surface area contributed by atoms with Crippen LogP contribution >= 0.6 is 0 Å². The van der Waals surface area contributed by atoms with Crippen LogP contribution in [0.1, 0.15) is 90.9 Å². The highest BCUT2D eigenvalue weighted by atomic mass is 15.2. The van der Waals surface area contributed by atoms with E-state index < -0.39 is 0 Å². The predicted molar refractivity (Wildman–Crippen MR) is 94.6 cm³/mol. The summed E-state index contributed by atoms with van der Waals surface area (Å²) in [5.41, 5.74) is 6.93. The van der Waals surface area contributed by atoms with Gasteiger partial charge in [0, 0.05) is 11.6 Å². The quantitative estimate of drug-likeness (QED) is 0.577. The van der Waals surface area contributed by atoms with Crippen LogP contribution in [-0.4, -0.2) is 30.6 Å². The van der Waals surface area contributed by atoms with E-state index in [4.69, 9.17) is 5.73 Å². The molecule has 1 aliphatic rings. The van der Waals surface area contributed by atoms with E-state index in [0.717, 1.165) is 5.92 Å². The Morgan fingerprint density at radius 1 is 1.10 bits per heavy atom. The van der Waals surface area contributed by atoms with Gasteiger partial charge in [-0.2, -0.15) is 0 Å². The molecule has 0 radical (unpaired) electrons. The zero-order valence-electron chi connectivity index (χ0n) is 15.2. The maximum atomic E-state index is 6.67. The molecule has 0 saturated heterocycles. The summed E-state index contributed by atoms with van der Waals surface area (Å²) in [6.45, 7) is 4.68. The number of rotatable bonds is 10. The van der Waals surface area contributed by atoms with E-state index in [-0.39, 0.29) is 5.54 Å². The van der Waals surface area contributed by atoms with Crippen LogP contribution in [0.15, 0.2) is 0 Å². The number of likely N-dealkylation sites (N-methyl/N-ethyl adjacent to an activating group) is 1. The summed E-state index contributed by atoms with van der Waals surface area (Å²) in [4.78, 5) is 2.44. The third kappa shape index (κ3) is 5.90. The van der Waals surface area contributed by atoms with Gasteiger partial charge < -0.3 is 10.6 Å². The first-order valence-corrected chi connectivity index (χ1v) is 9.46. The van der Waals surface area contributed by atoms with Gasteiger partial charge in [0.2, 0.25) is 0 Å². The average molecular weight is 297 g/mol. The third-order valence-corrected chi connectivity index (χ3v) is 5.71. The summed E-state index contributed by atoms with van der Waals surface area (Å²) in [5, 5.41) is 0. The molecule has 1 rings (SSSR count). The Bertz CT molecular complexity index is 264. The Balaban J connectivity index is 2.32. The van der Waals surface area contributed by atoms with Gasteiger partial charge in [-0.25, -0.2) is 0 Å². The Hall–Kier alpha value is -0.0800. The van der Waals surface area contributed by atoms with Gasteiger partial charge in [-0.3, -0.25) is 0 Å². The normalized spacial score (nSPS) is 28.0. The van der Waals surface area contributed by atoms with Crippen molar-refractivity contribution in [3.05, 3.63) is 0 Å². The third-order valence-electron chi connectivity index (χ3n) is 5.71. The highest BCUT2D eigenvalue weighted by molar-refractivity contribution is 5.00. The molecule has 3 unspecified atom stereocenters. The Kier molecular flexibility index (Phi) is 8.89. The molecule has 3 atom stereocenters. The van der Waals surface area contributed by atoms with Gasteiger partial charge in [0.15, 0.2) is 0 Å². The lowest BCUT2D eigenvalue weighted by molar-refractivity contribution is 0.0468. The molecular formula is C19H40N2. The van der Waals surface area contributed by atoms with E-state index in [2.05, 4.69) is 32.8 Å². The fraction of sp³-hybridized carbons (Fsp3) is 1.00. The van der Waals surface area contributed by atoms with E-state index in [9.17, 15) is 0 Å². The monoisotopic (exact) mass is 296 g/mol. The zero-order chi connectivity index (χ0) is 15.7. The molecule has 2 heteroatoms. The van der Waals surface area contributed by atoms with Crippen LogP contribution in [0.4, 0.5) is 0 Å². The minimum Gasteiger partial charge on any atom is -0.326 e. The molecule has 126 valence electrons. The standard InChI is InChI=1S/C19H40N2/c1-5-6-7-8-9-10-11-14-18(20)19(21(3)4)15-12-13-17(2)16-19/h17-18H,5-16,20H2,1-4H3. The van der Waals surface area contributed by atoms with Crippen molar-refractivity contribution in [2.75, 3.05) is 14.1 Å². The molecule has 2 nitrogen and oxygen atoms in total. The molecule has 0 aromatic rings. The summed E-state index contributed by atoms with van der Waals surface area (Å²) in [7, 11) is 4.48. The Morgan fingerprint density at radius 3 is 2.29 bits per heavy atom. The van der Waals surface area contributed by atoms with E-state index in [0.29, 0.717) is 6.04 Å². The summed E-state index contributed by atoms with van der Waals surface area (Å²) >= 11 is 0. The van der Waals surface area contributed by atoms with Crippen molar-refractivity contribution in [1.82, 2.24) is 4.90 Å². The SMILES string of the molecule is CCCCCCCCCC(N)C1(N(C)C)CCCC(C)C1. The molecule has 0 aliphatic heterocycles. The predicted octanol–water partition coefficient (Wildman–Crippen LogP) is 4.96. The first-order chi connectivity index (χ1) is 10.0. The van der Waals surface area contributed by atoms with E-state index in [1.165, 1.54) is 77.0 Å². The van der Waals surface area contributed by atoms with Crippen LogP contribution < -0.4 is 5.73 Å². The summed E-state index contributed by atoms with van der Waals surface area (Å²) in [6.07, 6.45) is 16.2. The fourth-order valence-electron chi connectivity index (χ4n) is 4.23. The number of unbranched alkanes of at least 4 members (excludes halogenated alkanes) is 6. The number of nitrogens with zero attached hydrogens (tertiary/aromatic N) is 1. The number of hydrogen-bond acceptors (Lipinski definition) is 2. The lowest BCUT2D eigenvalue weighted by Gasteiger charge is -2.49. The lowest BCUT2D eigenvalue weighted by atomic mass is 9.70. The molecule has 0 heterocycles. The van der Waals surface area contributed by atoms with Crippen LogP contribution in [0.3, 0.4) is 0 Å². The maximum Gasteiger partial charge on any atom is 0.0356 e. The molecule has 0 aromatic heterocycles. The van der Waals surface area contributed by atoms with E-state index >= 15 is 0 Å². The largest absolute Gasteiger partial charge is 0.326 e. The lowest BCUT2D eigenvalue weighted by Crippen LogP contribution is -2.59. The Labute approximate surface area is 133 Å². The zero-order valence-corrected chi connectivity index (χ0v) is 15.2. The van der Waals surface area contributed by atoms with Gasteiger partial charge in [0.1, 0.15) is 0 Å². The first-order valence-electron chi connectivity index (χ1n) is 9.46. The average Bonchev–Trinajstić information content (AvgIpc) is 2.45. The number of hydrogen-bond donors (Lipinski definition) is 1. The second-order valence-electron chi connectivity index (χ2n) is 7.72. The second-order valence-corrected chi connectivity index (χ2v) is 7.72. The van der Waals surface area contributed by atoms with Crippen molar-refractivity contribution in [3.8, 4) is 0 Å². The minimum absolute atomic E-state index is 0.264. The molecule has 2 N–H and O–H groups in total. The molecule has 0 aromatic carbocycles. The van der Waals surface area contributed by atoms with Crippen molar-refractivity contribution in [3.63, 3.8) is 0 Å². The fourth-order valence-corrected chi connectivity index (χ4v) is 4.23. The van der Waals surface area contributed by atoms with Crippen LogP contribution in [0.5, 0.6) is 0 Å². The van der Waals surface area contributed by atoms with Crippen LogP contribution in [-0.2, 0) is 0 Å². The highest BCUT2D eigenvalue weighted by Gasteiger charge is 2.41. The minimum atomic E-state index is 0.264. The number of nitrogens with two attached hydrogens (primary N) is 1. The molecular weight excluding hydrogens is 256 g/mol. The van der Waals surface area contributed by atoms with E-state index in [1.54, 1.807) is 0 Å². The molecule has 0 spiro atoms. The van der Waals surface area contributed by atoms with E-state index in [1.807, 2.05) is 0 Å². The summed E-state index contributed by atoms with van der Waals surface area (Å²) < 4.78 is 0. The second kappa shape index (κ2) is 9.84. The van der Waals surface area contributed by atoms with Crippen LogP contribution in [0.25, 0.3) is 0 Å². The van der Waals surface area contributed by atoms with Crippen LogP contribution in [0.2, 0.25) is 0 Å². The van der Waals surface area contributed by atoms with Crippen molar-refractivity contribution >= 4 is 0 Å². The van der Waals surface area contributed by atoms with Gasteiger partial charge in [-0.1, -0.05) is 71.6 Å². The van der Waals surface area contributed by atoms with Crippen molar-refractivity contribution < 1.29 is 0 Å². The molecule has 1 fully saturated rings. The first kappa shape index (κ1) is 19.0. The van der Waals surface area contributed by atoms with Crippen molar-refractivity contribution in [1.29, 1.82) is 0 Å². The molecule has 1 aliphatic carbocycles. The smallest absolute Gasteiger partial charge is 0.0356 e. The molecule has 21 heavy (non-hydrogen) atoms. The molecule has 0 amide bonds. The van der Waals surface area contributed by atoms with Gasteiger partial charge in [-0.15, -0.1) is 0 Å². The van der Waals surface area contributed by atoms with Crippen molar-refractivity contribution in [2.24, 2.45) is 11.7 Å². The topological polar surface area (TPSA) is 29.3 Å². The molecule has 0 bridgehead atoms. The van der Waals surface area contributed by atoms with Gasteiger partial charge in [0.25, 0.3) is 0 Å². The van der Waals surface area contributed by atoms with Gasteiger partial charge in [0.05, 0.1) is 0 Å². The van der Waals surface area contributed by atoms with Gasteiger partial charge in [-0.05, 0) is 39.3 Å². The maximum absolute atomic E-state index is 6.67. The van der Waals surface area contributed by atoms with Crippen LogP contribution in [0, 0.1) is 5.92 Å². The molecule has 1 saturated carbocycles.